The Morgan fingerprint density at radius 1 is 1.03 bits per heavy atom. The highest BCUT2D eigenvalue weighted by atomic mass is 16.5. The van der Waals surface area contributed by atoms with Crippen LogP contribution < -0.4 is 20.7 Å². The first-order chi connectivity index (χ1) is 15.0. The lowest BCUT2D eigenvalue weighted by Gasteiger charge is -2.14. The summed E-state index contributed by atoms with van der Waals surface area (Å²) in [6.07, 6.45) is 2.61. The molecule has 2 amide bonds. The maximum absolute atomic E-state index is 12.3. The third-order valence-electron chi connectivity index (χ3n) is 4.63. The Hall–Kier alpha value is -3.74. The van der Waals surface area contributed by atoms with E-state index in [1.54, 1.807) is 42.7 Å². The number of carbonyl (C=O) groups excluding carboxylic acids is 2. The molecule has 1 aromatic heterocycles. The van der Waals surface area contributed by atoms with E-state index in [1.807, 2.05) is 31.2 Å². The van der Waals surface area contributed by atoms with E-state index in [0.29, 0.717) is 23.6 Å². The molecule has 1 atom stereocenters. The molecule has 1 heterocycles. The monoisotopic (exact) mass is 421 g/mol. The Morgan fingerprint density at radius 2 is 1.84 bits per heavy atom. The van der Waals surface area contributed by atoms with Gasteiger partial charge < -0.3 is 25.1 Å². The highest BCUT2D eigenvalue weighted by Crippen LogP contribution is 2.19. The number of carbonyl (C=O) groups is 2. The predicted molar refractivity (Wildman–Crippen MR) is 120 cm³/mol. The SMILES string of the molecule is CCC(C)Oc1cccc(NCC(=O)Nc2ccc(C(=O)NCc3ccco3)cc2)c1. The molecule has 3 aromatic rings. The number of furan rings is 1. The first-order valence-electron chi connectivity index (χ1n) is 10.2. The number of ether oxygens (including phenoxy) is 1. The molecule has 1 unspecified atom stereocenters. The third kappa shape index (κ3) is 6.92. The van der Waals surface area contributed by atoms with Gasteiger partial charge in [0.15, 0.2) is 0 Å². The van der Waals surface area contributed by atoms with E-state index in [1.165, 1.54) is 0 Å². The molecule has 3 N–H and O–H groups in total. The molecule has 0 radical (unpaired) electrons. The zero-order chi connectivity index (χ0) is 22.1. The molecule has 0 saturated heterocycles. The molecule has 0 bridgehead atoms. The Kier molecular flexibility index (Phi) is 7.70. The molecule has 0 saturated carbocycles. The van der Waals surface area contributed by atoms with E-state index in [4.69, 9.17) is 9.15 Å². The molecule has 2 aromatic carbocycles. The van der Waals surface area contributed by atoms with Crippen molar-refractivity contribution in [3.8, 4) is 5.75 Å². The Balaban J connectivity index is 1.46. The summed E-state index contributed by atoms with van der Waals surface area (Å²) in [5.74, 6) is 1.04. The van der Waals surface area contributed by atoms with Gasteiger partial charge in [-0.1, -0.05) is 13.0 Å². The van der Waals surface area contributed by atoms with Gasteiger partial charge in [-0.2, -0.15) is 0 Å². The van der Waals surface area contributed by atoms with Gasteiger partial charge in [-0.3, -0.25) is 9.59 Å². The number of nitrogens with one attached hydrogen (secondary N) is 3. The third-order valence-corrected chi connectivity index (χ3v) is 4.63. The van der Waals surface area contributed by atoms with Gasteiger partial charge >= 0.3 is 0 Å². The van der Waals surface area contributed by atoms with Crippen molar-refractivity contribution >= 4 is 23.2 Å². The average Bonchev–Trinajstić information content (AvgIpc) is 3.30. The maximum atomic E-state index is 12.3. The van der Waals surface area contributed by atoms with Gasteiger partial charge in [0, 0.05) is 23.0 Å². The van der Waals surface area contributed by atoms with Crippen LogP contribution in [0.3, 0.4) is 0 Å². The van der Waals surface area contributed by atoms with Gasteiger partial charge in [0.2, 0.25) is 5.91 Å². The zero-order valence-corrected chi connectivity index (χ0v) is 17.7. The standard InChI is InChI=1S/C24H27N3O4/c1-3-17(2)31-21-7-4-6-20(14-21)25-16-23(28)27-19-11-9-18(10-12-19)24(29)26-15-22-8-5-13-30-22/h4-14,17,25H,3,15-16H2,1-2H3,(H,26,29)(H,27,28). The second-order valence-corrected chi connectivity index (χ2v) is 7.11. The molecule has 7 nitrogen and oxygen atoms in total. The van der Waals surface area contributed by atoms with Crippen molar-refractivity contribution in [2.24, 2.45) is 0 Å². The molecule has 0 spiro atoms. The van der Waals surface area contributed by atoms with Crippen LogP contribution in [0.2, 0.25) is 0 Å². The summed E-state index contributed by atoms with van der Waals surface area (Å²) in [6, 6.07) is 17.8. The van der Waals surface area contributed by atoms with Crippen LogP contribution in [0.25, 0.3) is 0 Å². The topological polar surface area (TPSA) is 92.6 Å². The number of anilines is 2. The number of rotatable bonds is 10. The summed E-state index contributed by atoms with van der Waals surface area (Å²) in [7, 11) is 0. The van der Waals surface area contributed by atoms with Crippen LogP contribution in [0.4, 0.5) is 11.4 Å². The van der Waals surface area contributed by atoms with E-state index >= 15 is 0 Å². The minimum Gasteiger partial charge on any atom is -0.491 e. The second kappa shape index (κ2) is 10.9. The fourth-order valence-electron chi connectivity index (χ4n) is 2.77. The van der Waals surface area contributed by atoms with E-state index in [-0.39, 0.29) is 24.5 Å². The summed E-state index contributed by atoms with van der Waals surface area (Å²) in [5, 5.41) is 8.68. The van der Waals surface area contributed by atoms with Crippen molar-refractivity contribution in [3.63, 3.8) is 0 Å². The fourth-order valence-corrected chi connectivity index (χ4v) is 2.77. The summed E-state index contributed by atoms with van der Waals surface area (Å²) in [6.45, 7) is 4.51. The Labute approximate surface area is 181 Å². The number of benzene rings is 2. The lowest BCUT2D eigenvalue weighted by Crippen LogP contribution is -2.23. The first kappa shape index (κ1) is 22.0. The van der Waals surface area contributed by atoms with Gasteiger partial charge in [-0.05, 0) is 61.9 Å². The zero-order valence-electron chi connectivity index (χ0n) is 17.7. The van der Waals surface area contributed by atoms with Crippen molar-refractivity contribution < 1.29 is 18.7 Å². The molecule has 0 fully saturated rings. The van der Waals surface area contributed by atoms with Crippen LogP contribution >= 0.6 is 0 Å². The Morgan fingerprint density at radius 3 is 2.55 bits per heavy atom. The number of hydrogen-bond acceptors (Lipinski definition) is 5. The lowest BCUT2D eigenvalue weighted by atomic mass is 10.2. The molecule has 31 heavy (non-hydrogen) atoms. The summed E-state index contributed by atoms with van der Waals surface area (Å²) < 4.78 is 11.0. The van der Waals surface area contributed by atoms with Gasteiger partial charge in [-0.15, -0.1) is 0 Å². The second-order valence-electron chi connectivity index (χ2n) is 7.11. The fraction of sp³-hybridized carbons (Fsp3) is 0.250. The summed E-state index contributed by atoms with van der Waals surface area (Å²) in [4.78, 5) is 24.4. The van der Waals surface area contributed by atoms with Gasteiger partial charge in [-0.25, -0.2) is 0 Å². The van der Waals surface area contributed by atoms with Crippen LogP contribution in [-0.2, 0) is 11.3 Å². The van der Waals surface area contributed by atoms with E-state index in [9.17, 15) is 9.59 Å². The highest BCUT2D eigenvalue weighted by Gasteiger charge is 2.08. The van der Waals surface area contributed by atoms with Gasteiger partial charge in [0.25, 0.3) is 5.91 Å². The van der Waals surface area contributed by atoms with Crippen LogP contribution in [0.15, 0.2) is 71.3 Å². The van der Waals surface area contributed by atoms with Crippen molar-refractivity contribution in [1.82, 2.24) is 5.32 Å². The number of amides is 2. The smallest absolute Gasteiger partial charge is 0.251 e. The lowest BCUT2D eigenvalue weighted by molar-refractivity contribution is -0.114. The van der Waals surface area contributed by atoms with Crippen LogP contribution in [0, 0.1) is 0 Å². The largest absolute Gasteiger partial charge is 0.491 e. The molecule has 162 valence electrons. The van der Waals surface area contributed by atoms with Gasteiger partial charge in [0.05, 0.1) is 25.5 Å². The Bertz CT molecular complexity index is 984. The van der Waals surface area contributed by atoms with Gasteiger partial charge in [0.1, 0.15) is 11.5 Å². The maximum Gasteiger partial charge on any atom is 0.251 e. The molecular formula is C24H27N3O4. The number of hydrogen-bond donors (Lipinski definition) is 3. The normalized spacial score (nSPS) is 11.4. The van der Waals surface area contributed by atoms with Crippen molar-refractivity contribution in [2.75, 3.05) is 17.2 Å². The quantitative estimate of drug-likeness (QED) is 0.450. The van der Waals surface area contributed by atoms with Crippen LogP contribution in [0.5, 0.6) is 5.75 Å². The molecule has 0 aliphatic rings. The minimum atomic E-state index is -0.213. The first-order valence-corrected chi connectivity index (χ1v) is 10.2. The minimum absolute atomic E-state index is 0.109. The average molecular weight is 421 g/mol. The molecule has 3 rings (SSSR count). The van der Waals surface area contributed by atoms with Crippen LogP contribution in [0.1, 0.15) is 36.4 Å². The van der Waals surface area contributed by atoms with E-state index in [2.05, 4.69) is 22.9 Å². The summed E-state index contributed by atoms with van der Waals surface area (Å²) in [5.41, 5.74) is 1.92. The molecule has 0 aliphatic heterocycles. The highest BCUT2D eigenvalue weighted by molar-refractivity contribution is 5.96. The van der Waals surface area contributed by atoms with Crippen molar-refractivity contribution in [1.29, 1.82) is 0 Å². The summed E-state index contributed by atoms with van der Waals surface area (Å²) >= 11 is 0. The van der Waals surface area contributed by atoms with E-state index < -0.39 is 0 Å². The molecular weight excluding hydrogens is 394 g/mol. The van der Waals surface area contributed by atoms with Crippen LogP contribution in [-0.4, -0.2) is 24.5 Å². The van der Waals surface area contributed by atoms with Crippen molar-refractivity contribution in [2.45, 2.75) is 32.9 Å². The molecule has 0 aliphatic carbocycles. The predicted octanol–water partition coefficient (Wildman–Crippen LogP) is 4.44. The van der Waals surface area contributed by atoms with E-state index in [0.717, 1.165) is 17.9 Å². The molecule has 7 heteroatoms. The van der Waals surface area contributed by atoms with Crippen molar-refractivity contribution in [3.05, 3.63) is 78.3 Å².